The second-order valence-corrected chi connectivity index (χ2v) is 4.87. The summed E-state index contributed by atoms with van der Waals surface area (Å²) in [4.78, 5) is 4.52. The fourth-order valence-electron chi connectivity index (χ4n) is 2.44. The van der Waals surface area contributed by atoms with Crippen LogP contribution in [-0.2, 0) is 19.4 Å². The first-order valence-electron chi connectivity index (χ1n) is 6.51. The van der Waals surface area contributed by atoms with Crippen molar-refractivity contribution >= 4 is 0 Å². The third-order valence-corrected chi connectivity index (χ3v) is 3.64. The van der Waals surface area contributed by atoms with Crippen LogP contribution in [0.5, 0.6) is 0 Å². The number of nitrogens with one attached hydrogen (secondary N) is 1. The van der Waals surface area contributed by atoms with Crippen LogP contribution in [0.1, 0.15) is 44.0 Å². The number of hydrogen-bond donors (Lipinski definition) is 1. The van der Waals surface area contributed by atoms with Crippen LogP contribution in [0.3, 0.4) is 0 Å². The Bertz CT molecular complexity index is 330. The van der Waals surface area contributed by atoms with E-state index in [1.165, 1.54) is 49.9 Å². The monoisotopic (exact) mass is 221 g/mol. The fraction of sp³-hybridized carbons (Fsp3) is 0.769. The van der Waals surface area contributed by atoms with Gasteiger partial charge in [-0.2, -0.15) is 0 Å². The van der Waals surface area contributed by atoms with Gasteiger partial charge in [0.15, 0.2) is 0 Å². The van der Waals surface area contributed by atoms with Crippen LogP contribution >= 0.6 is 0 Å². The molecule has 0 spiro atoms. The molecule has 0 aliphatic heterocycles. The lowest BCUT2D eigenvalue weighted by atomic mass is 10.0. The van der Waals surface area contributed by atoms with E-state index in [1.54, 1.807) is 0 Å². The van der Waals surface area contributed by atoms with Crippen LogP contribution in [0.25, 0.3) is 0 Å². The molecule has 3 nitrogen and oxygen atoms in total. The van der Waals surface area contributed by atoms with Crippen molar-refractivity contribution in [2.75, 3.05) is 7.05 Å². The average molecular weight is 221 g/mol. The molecule has 0 aromatic carbocycles. The van der Waals surface area contributed by atoms with Crippen LogP contribution in [-0.4, -0.2) is 22.6 Å². The lowest BCUT2D eigenvalue weighted by Gasteiger charge is -2.15. The van der Waals surface area contributed by atoms with Gasteiger partial charge in [-0.05, 0) is 52.5 Å². The highest BCUT2D eigenvalue weighted by Gasteiger charge is 2.14. The van der Waals surface area contributed by atoms with Crippen molar-refractivity contribution in [1.82, 2.24) is 14.9 Å². The van der Waals surface area contributed by atoms with Crippen LogP contribution in [0, 0.1) is 0 Å². The highest BCUT2D eigenvalue weighted by molar-refractivity contribution is 5.16. The van der Waals surface area contributed by atoms with E-state index in [4.69, 9.17) is 0 Å². The maximum atomic E-state index is 4.52. The highest BCUT2D eigenvalue weighted by Crippen LogP contribution is 2.20. The van der Waals surface area contributed by atoms with E-state index in [0.717, 1.165) is 6.54 Å². The molecule has 1 aromatic heterocycles. The van der Waals surface area contributed by atoms with Crippen molar-refractivity contribution < 1.29 is 0 Å². The summed E-state index contributed by atoms with van der Waals surface area (Å²) in [6, 6.07) is 0.624. The topological polar surface area (TPSA) is 29.9 Å². The Labute approximate surface area is 98.3 Å². The van der Waals surface area contributed by atoms with Gasteiger partial charge in [0, 0.05) is 18.3 Å². The summed E-state index contributed by atoms with van der Waals surface area (Å²) in [7, 11) is 2.03. The SMILES string of the molecule is CNC(C)CCCn1cnc2c1CCCC2. The Balaban J connectivity index is 1.87. The molecule has 0 amide bonds. The lowest BCUT2D eigenvalue weighted by molar-refractivity contribution is 0.497. The molecule has 1 aromatic rings. The van der Waals surface area contributed by atoms with Gasteiger partial charge in [0.1, 0.15) is 0 Å². The number of rotatable bonds is 5. The van der Waals surface area contributed by atoms with Crippen LogP contribution in [0.15, 0.2) is 6.33 Å². The van der Waals surface area contributed by atoms with E-state index in [1.807, 2.05) is 13.4 Å². The first-order valence-corrected chi connectivity index (χ1v) is 6.51. The summed E-state index contributed by atoms with van der Waals surface area (Å²) in [6.45, 7) is 3.37. The quantitative estimate of drug-likeness (QED) is 0.825. The number of fused-ring (bicyclic) bond motifs is 1. The third-order valence-electron chi connectivity index (χ3n) is 3.64. The Morgan fingerprint density at radius 2 is 2.25 bits per heavy atom. The molecule has 0 saturated heterocycles. The van der Waals surface area contributed by atoms with Crippen molar-refractivity contribution in [1.29, 1.82) is 0 Å². The molecule has 0 fully saturated rings. The van der Waals surface area contributed by atoms with E-state index < -0.39 is 0 Å². The second-order valence-electron chi connectivity index (χ2n) is 4.87. The minimum absolute atomic E-state index is 0.624. The molecular weight excluding hydrogens is 198 g/mol. The van der Waals surface area contributed by atoms with Crippen molar-refractivity contribution in [3.63, 3.8) is 0 Å². The van der Waals surface area contributed by atoms with Crippen LogP contribution < -0.4 is 5.32 Å². The maximum Gasteiger partial charge on any atom is 0.0951 e. The van der Waals surface area contributed by atoms with E-state index in [0.29, 0.717) is 6.04 Å². The normalized spacial score (nSPS) is 17.1. The molecule has 1 atom stereocenters. The Hall–Kier alpha value is -0.830. The predicted molar refractivity (Wildman–Crippen MR) is 66.6 cm³/mol. The zero-order valence-corrected chi connectivity index (χ0v) is 10.5. The molecule has 2 rings (SSSR count). The molecule has 0 radical (unpaired) electrons. The summed E-state index contributed by atoms with van der Waals surface area (Å²) in [5.41, 5.74) is 2.86. The molecule has 1 aliphatic rings. The summed E-state index contributed by atoms with van der Waals surface area (Å²) >= 11 is 0. The van der Waals surface area contributed by atoms with Crippen LogP contribution in [0.2, 0.25) is 0 Å². The molecule has 1 aliphatic carbocycles. The summed E-state index contributed by atoms with van der Waals surface area (Å²) in [6.07, 6.45) is 9.60. The Kier molecular flexibility index (Phi) is 3.99. The fourth-order valence-corrected chi connectivity index (χ4v) is 2.44. The van der Waals surface area contributed by atoms with Gasteiger partial charge >= 0.3 is 0 Å². The molecule has 1 N–H and O–H groups in total. The molecule has 1 unspecified atom stereocenters. The number of aromatic nitrogens is 2. The first-order chi connectivity index (χ1) is 7.81. The highest BCUT2D eigenvalue weighted by atomic mass is 15.1. The summed E-state index contributed by atoms with van der Waals surface area (Å²) < 4.78 is 2.37. The van der Waals surface area contributed by atoms with E-state index >= 15 is 0 Å². The van der Waals surface area contributed by atoms with Gasteiger partial charge in [-0.3, -0.25) is 0 Å². The minimum atomic E-state index is 0.624. The largest absolute Gasteiger partial charge is 0.334 e. The van der Waals surface area contributed by atoms with E-state index in [9.17, 15) is 0 Å². The van der Waals surface area contributed by atoms with E-state index in [2.05, 4.69) is 21.8 Å². The Morgan fingerprint density at radius 1 is 1.44 bits per heavy atom. The van der Waals surface area contributed by atoms with Gasteiger partial charge in [0.2, 0.25) is 0 Å². The molecule has 3 heteroatoms. The van der Waals surface area contributed by atoms with Crippen LogP contribution in [0.4, 0.5) is 0 Å². The first kappa shape index (κ1) is 11.6. The van der Waals surface area contributed by atoms with Crippen molar-refractivity contribution in [2.45, 2.75) is 58.0 Å². The van der Waals surface area contributed by atoms with Gasteiger partial charge in [-0.25, -0.2) is 4.98 Å². The average Bonchev–Trinajstić information content (AvgIpc) is 2.73. The number of hydrogen-bond acceptors (Lipinski definition) is 2. The summed E-state index contributed by atoms with van der Waals surface area (Å²) in [5, 5.41) is 3.28. The number of imidazole rings is 1. The number of nitrogens with zero attached hydrogens (tertiary/aromatic N) is 2. The van der Waals surface area contributed by atoms with Gasteiger partial charge in [-0.15, -0.1) is 0 Å². The minimum Gasteiger partial charge on any atom is -0.334 e. The van der Waals surface area contributed by atoms with Crippen molar-refractivity contribution in [3.8, 4) is 0 Å². The predicted octanol–water partition coefficient (Wildman–Crippen LogP) is 2.15. The van der Waals surface area contributed by atoms with Gasteiger partial charge in [0.05, 0.1) is 12.0 Å². The van der Waals surface area contributed by atoms with Gasteiger partial charge in [-0.1, -0.05) is 0 Å². The molecule has 1 heterocycles. The lowest BCUT2D eigenvalue weighted by Crippen LogP contribution is -2.21. The van der Waals surface area contributed by atoms with Gasteiger partial charge in [0.25, 0.3) is 0 Å². The molecular formula is C13H23N3. The third kappa shape index (κ3) is 2.64. The van der Waals surface area contributed by atoms with Crippen molar-refractivity contribution in [3.05, 3.63) is 17.7 Å². The smallest absolute Gasteiger partial charge is 0.0951 e. The summed E-state index contributed by atoms with van der Waals surface area (Å²) in [5.74, 6) is 0. The second kappa shape index (κ2) is 5.48. The molecule has 0 bridgehead atoms. The van der Waals surface area contributed by atoms with Crippen molar-refractivity contribution in [2.24, 2.45) is 0 Å². The van der Waals surface area contributed by atoms with E-state index in [-0.39, 0.29) is 0 Å². The van der Waals surface area contributed by atoms with Gasteiger partial charge < -0.3 is 9.88 Å². The number of aryl methyl sites for hydroxylation is 2. The molecule has 90 valence electrons. The zero-order valence-electron chi connectivity index (χ0n) is 10.5. The standard InChI is InChI=1S/C13H23N3/c1-11(14-2)6-5-9-16-10-15-12-7-3-4-8-13(12)16/h10-11,14H,3-9H2,1-2H3. The molecule has 0 saturated carbocycles. The molecule has 16 heavy (non-hydrogen) atoms. The maximum absolute atomic E-state index is 4.52. The zero-order chi connectivity index (χ0) is 11.4. The Morgan fingerprint density at radius 3 is 3.06 bits per heavy atom.